The van der Waals surface area contributed by atoms with E-state index >= 15 is 0 Å². The van der Waals surface area contributed by atoms with E-state index in [0.29, 0.717) is 29.5 Å². The van der Waals surface area contributed by atoms with Crippen molar-refractivity contribution in [1.82, 2.24) is 9.97 Å². The van der Waals surface area contributed by atoms with Crippen LogP contribution < -0.4 is 4.90 Å². The number of carbonyl (C=O) groups excluding carboxylic acids is 1. The molecule has 0 spiro atoms. The van der Waals surface area contributed by atoms with Gasteiger partial charge in [-0.1, -0.05) is 29.0 Å². The molecule has 31 heavy (non-hydrogen) atoms. The van der Waals surface area contributed by atoms with Crippen molar-refractivity contribution in [2.75, 3.05) is 10.7 Å². The van der Waals surface area contributed by atoms with Gasteiger partial charge in [0.1, 0.15) is 5.82 Å². The molecule has 0 atom stereocenters. The Kier molecular flexibility index (Phi) is 7.17. The lowest BCUT2D eigenvalue weighted by molar-refractivity contribution is -0.118. The second-order valence-corrected chi connectivity index (χ2v) is 9.43. The summed E-state index contributed by atoms with van der Waals surface area (Å²) >= 11 is 9.16. The lowest BCUT2D eigenvalue weighted by Gasteiger charge is -2.19. The van der Waals surface area contributed by atoms with Gasteiger partial charge in [0, 0.05) is 22.5 Å². The molecule has 0 fully saturated rings. The van der Waals surface area contributed by atoms with Gasteiger partial charge in [-0.25, -0.2) is 9.37 Å². The average Bonchev–Trinajstić information content (AvgIpc) is 3.19. The van der Waals surface area contributed by atoms with Crippen LogP contribution in [0.3, 0.4) is 0 Å². The van der Waals surface area contributed by atoms with Crippen molar-refractivity contribution in [2.45, 2.75) is 24.3 Å². The molecule has 0 aliphatic carbocycles. The average molecular weight is 472 g/mol. The molecule has 0 bridgehead atoms. The predicted octanol–water partition coefficient (Wildman–Crippen LogP) is 6.59. The fraction of sp³-hybridized carbons (Fsp3) is 0.174. The second kappa shape index (κ2) is 10.2. The molecule has 2 heterocycles. The summed E-state index contributed by atoms with van der Waals surface area (Å²) in [6, 6.07) is 17.6. The summed E-state index contributed by atoms with van der Waals surface area (Å²) in [5.41, 5.74) is 1.61. The standard InChI is InChI=1S/C23H19ClFN3OS2/c24-16-6-11-20-21(14-16)31-23(27-20)28(15-18-4-1-2-12-26-18)22(29)5-3-13-30-19-9-7-17(25)8-10-19/h1-2,4,6-12,14H,3,5,13,15H2. The zero-order valence-corrected chi connectivity index (χ0v) is 18.9. The summed E-state index contributed by atoms with van der Waals surface area (Å²) in [4.78, 5) is 24.8. The number of rotatable bonds is 8. The van der Waals surface area contributed by atoms with E-state index in [1.165, 1.54) is 23.5 Å². The highest BCUT2D eigenvalue weighted by molar-refractivity contribution is 7.99. The predicted molar refractivity (Wildman–Crippen MR) is 126 cm³/mol. The van der Waals surface area contributed by atoms with Crippen molar-refractivity contribution in [3.63, 3.8) is 0 Å². The Balaban J connectivity index is 1.46. The smallest absolute Gasteiger partial charge is 0.229 e. The molecule has 158 valence electrons. The number of nitrogens with zero attached hydrogens (tertiary/aromatic N) is 3. The normalized spacial score (nSPS) is 11.0. The number of aromatic nitrogens is 2. The van der Waals surface area contributed by atoms with Crippen LogP contribution in [0.4, 0.5) is 9.52 Å². The molecule has 0 aliphatic heterocycles. The highest BCUT2D eigenvalue weighted by Crippen LogP contribution is 2.32. The highest BCUT2D eigenvalue weighted by atomic mass is 35.5. The Morgan fingerprint density at radius 3 is 2.74 bits per heavy atom. The van der Waals surface area contributed by atoms with Gasteiger partial charge in [0.25, 0.3) is 0 Å². The van der Waals surface area contributed by atoms with E-state index < -0.39 is 0 Å². The van der Waals surface area contributed by atoms with Gasteiger partial charge < -0.3 is 0 Å². The fourth-order valence-corrected chi connectivity index (χ4v) is 5.11. The van der Waals surface area contributed by atoms with E-state index in [1.54, 1.807) is 41.1 Å². The first-order valence-corrected chi connectivity index (χ1v) is 11.9. The molecule has 1 amide bonds. The molecule has 0 radical (unpaired) electrons. The van der Waals surface area contributed by atoms with Crippen molar-refractivity contribution < 1.29 is 9.18 Å². The number of carbonyl (C=O) groups is 1. The van der Waals surface area contributed by atoms with E-state index in [4.69, 9.17) is 11.6 Å². The third-order valence-electron chi connectivity index (χ3n) is 4.53. The lowest BCUT2D eigenvalue weighted by atomic mass is 10.2. The summed E-state index contributed by atoms with van der Waals surface area (Å²) in [6.45, 7) is 0.359. The number of thioether (sulfide) groups is 1. The summed E-state index contributed by atoms with van der Waals surface area (Å²) in [6.07, 6.45) is 2.81. The van der Waals surface area contributed by atoms with Crippen LogP contribution in [0.5, 0.6) is 0 Å². The Morgan fingerprint density at radius 2 is 1.97 bits per heavy atom. The van der Waals surface area contributed by atoms with Crippen molar-refractivity contribution >= 4 is 56.0 Å². The third-order valence-corrected chi connectivity index (χ3v) is 6.91. The summed E-state index contributed by atoms with van der Waals surface area (Å²) in [5, 5.41) is 1.28. The number of hydrogen-bond donors (Lipinski definition) is 0. The molecule has 8 heteroatoms. The molecule has 0 aliphatic rings. The number of anilines is 1. The zero-order valence-electron chi connectivity index (χ0n) is 16.5. The first-order valence-electron chi connectivity index (χ1n) is 9.73. The van der Waals surface area contributed by atoms with Gasteiger partial charge in [0.2, 0.25) is 5.91 Å². The minimum atomic E-state index is -0.248. The molecule has 2 aromatic carbocycles. The Labute approximate surface area is 193 Å². The molecule has 4 nitrogen and oxygen atoms in total. The van der Waals surface area contributed by atoms with E-state index in [2.05, 4.69) is 9.97 Å². The van der Waals surface area contributed by atoms with Gasteiger partial charge in [0.15, 0.2) is 5.13 Å². The molecule has 4 aromatic rings. The van der Waals surface area contributed by atoms with Crippen LogP contribution >= 0.6 is 34.7 Å². The van der Waals surface area contributed by atoms with Crippen molar-refractivity contribution in [3.8, 4) is 0 Å². The van der Waals surface area contributed by atoms with Gasteiger partial charge in [-0.15, -0.1) is 11.8 Å². The molecule has 0 saturated carbocycles. The molecular formula is C23H19ClFN3OS2. The molecule has 4 rings (SSSR count). The number of amides is 1. The molecule has 2 aromatic heterocycles. The van der Waals surface area contributed by atoms with E-state index in [1.807, 2.05) is 30.3 Å². The molecule has 0 unspecified atom stereocenters. The largest absolute Gasteiger partial charge is 0.282 e. The number of hydrogen-bond acceptors (Lipinski definition) is 5. The number of fused-ring (bicyclic) bond motifs is 1. The molecule has 0 saturated heterocycles. The summed E-state index contributed by atoms with van der Waals surface area (Å²) < 4.78 is 14.0. The highest BCUT2D eigenvalue weighted by Gasteiger charge is 2.20. The number of benzene rings is 2. The van der Waals surface area contributed by atoms with Crippen LogP contribution in [0.2, 0.25) is 5.02 Å². The van der Waals surface area contributed by atoms with Crippen LogP contribution in [0, 0.1) is 5.82 Å². The molecule has 0 N–H and O–H groups in total. The SMILES string of the molecule is O=C(CCCSc1ccc(F)cc1)N(Cc1ccccn1)c1nc2ccc(Cl)cc2s1. The van der Waals surface area contributed by atoms with Crippen LogP contribution in [0.1, 0.15) is 18.5 Å². The lowest BCUT2D eigenvalue weighted by Crippen LogP contribution is -2.30. The van der Waals surface area contributed by atoms with E-state index in [-0.39, 0.29) is 11.7 Å². The van der Waals surface area contributed by atoms with Gasteiger partial charge in [-0.05, 0) is 66.8 Å². The quantitative estimate of drug-likeness (QED) is 0.215. The molecular weight excluding hydrogens is 453 g/mol. The summed E-state index contributed by atoms with van der Waals surface area (Å²) in [5.74, 6) is 0.516. The third kappa shape index (κ3) is 5.81. The van der Waals surface area contributed by atoms with Gasteiger partial charge in [-0.2, -0.15) is 0 Å². The monoisotopic (exact) mass is 471 g/mol. The summed E-state index contributed by atoms with van der Waals surface area (Å²) in [7, 11) is 0. The maximum atomic E-state index is 13.1. The van der Waals surface area contributed by atoms with Crippen LogP contribution in [-0.4, -0.2) is 21.6 Å². The Morgan fingerprint density at radius 1 is 1.13 bits per heavy atom. The first kappa shape index (κ1) is 21.7. The van der Waals surface area contributed by atoms with Gasteiger partial charge in [0.05, 0.1) is 22.5 Å². The minimum absolute atomic E-state index is 0.00416. The van der Waals surface area contributed by atoms with Crippen LogP contribution in [-0.2, 0) is 11.3 Å². The van der Waals surface area contributed by atoms with Gasteiger partial charge in [-0.3, -0.25) is 14.7 Å². The fourth-order valence-electron chi connectivity index (χ4n) is 3.00. The van der Waals surface area contributed by atoms with Crippen molar-refractivity contribution in [1.29, 1.82) is 0 Å². The van der Waals surface area contributed by atoms with Crippen molar-refractivity contribution in [2.24, 2.45) is 0 Å². The Hall–Kier alpha value is -2.48. The maximum absolute atomic E-state index is 13.1. The zero-order chi connectivity index (χ0) is 21.6. The van der Waals surface area contributed by atoms with Crippen molar-refractivity contribution in [3.05, 3.63) is 83.4 Å². The minimum Gasteiger partial charge on any atom is -0.282 e. The first-order chi connectivity index (χ1) is 15.1. The number of thiazole rings is 1. The second-order valence-electron chi connectivity index (χ2n) is 6.82. The number of pyridine rings is 1. The van der Waals surface area contributed by atoms with Crippen LogP contribution in [0.15, 0.2) is 71.8 Å². The van der Waals surface area contributed by atoms with Gasteiger partial charge >= 0.3 is 0 Å². The van der Waals surface area contributed by atoms with Crippen LogP contribution in [0.25, 0.3) is 10.2 Å². The maximum Gasteiger partial charge on any atom is 0.229 e. The topological polar surface area (TPSA) is 46.1 Å². The van der Waals surface area contributed by atoms with E-state index in [0.717, 1.165) is 26.6 Å². The number of halogens is 2. The Bertz CT molecular complexity index is 1170. The van der Waals surface area contributed by atoms with E-state index in [9.17, 15) is 9.18 Å².